The van der Waals surface area contributed by atoms with E-state index in [1.807, 2.05) is 0 Å². The zero-order valence-corrected chi connectivity index (χ0v) is 13.5. The Kier molecular flexibility index (Phi) is 6.03. The van der Waals surface area contributed by atoms with Gasteiger partial charge in [0.15, 0.2) is 6.10 Å². The molecule has 0 saturated carbocycles. The molecule has 2 rings (SSSR count). The van der Waals surface area contributed by atoms with E-state index in [-0.39, 0.29) is 12.1 Å². The fourth-order valence-corrected chi connectivity index (χ4v) is 2.54. The van der Waals surface area contributed by atoms with Gasteiger partial charge in [-0.05, 0) is 11.1 Å². The fourth-order valence-electron chi connectivity index (χ4n) is 2.54. The summed E-state index contributed by atoms with van der Waals surface area (Å²) >= 11 is 0. The molecule has 0 radical (unpaired) electrons. The Morgan fingerprint density at radius 3 is 2.08 bits per heavy atom. The predicted octanol–water partition coefficient (Wildman–Crippen LogP) is 3.92. The molecule has 2 aromatic rings. The van der Waals surface area contributed by atoms with Crippen molar-refractivity contribution in [2.24, 2.45) is 0 Å². The maximum absolute atomic E-state index is 13.2. The van der Waals surface area contributed by atoms with Crippen LogP contribution in [0.1, 0.15) is 17.2 Å². The lowest BCUT2D eigenvalue weighted by Crippen LogP contribution is -2.46. The van der Waals surface area contributed by atoms with Crippen LogP contribution >= 0.6 is 0 Å². The van der Waals surface area contributed by atoms with E-state index in [0.29, 0.717) is 5.56 Å². The quantitative estimate of drug-likeness (QED) is 0.886. The second-order valence-corrected chi connectivity index (χ2v) is 5.43. The molecule has 0 spiro atoms. The van der Waals surface area contributed by atoms with Gasteiger partial charge in [0, 0.05) is 6.54 Å². The molecular formula is C18H18F3NO3. The van der Waals surface area contributed by atoms with Crippen molar-refractivity contribution in [1.29, 1.82) is 0 Å². The van der Waals surface area contributed by atoms with E-state index in [2.05, 4.69) is 4.74 Å². The number of ether oxygens (including phenoxy) is 1. The summed E-state index contributed by atoms with van der Waals surface area (Å²) in [5.41, 5.74) is 0.775. The van der Waals surface area contributed by atoms with E-state index in [0.717, 1.165) is 12.0 Å². The molecule has 7 heteroatoms. The van der Waals surface area contributed by atoms with Gasteiger partial charge in [0.2, 0.25) is 0 Å². The number of carbonyl (C=O) groups excluding carboxylic acids is 1. The SMILES string of the molecule is COC(=O)N(Cc1ccccc1)[C@@H](c1ccccc1)[C@@H](O)C(F)(F)F. The highest BCUT2D eigenvalue weighted by molar-refractivity contribution is 5.68. The van der Waals surface area contributed by atoms with E-state index < -0.39 is 24.4 Å². The first-order valence-corrected chi connectivity index (χ1v) is 7.53. The van der Waals surface area contributed by atoms with Gasteiger partial charge in [-0.25, -0.2) is 4.79 Å². The fraction of sp³-hybridized carbons (Fsp3) is 0.278. The van der Waals surface area contributed by atoms with Crippen LogP contribution < -0.4 is 0 Å². The van der Waals surface area contributed by atoms with Crippen LogP contribution in [0.2, 0.25) is 0 Å². The highest BCUT2D eigenvalue weighted by Crippen LogP contribution is 2.35. The number of methoxy groups -OCH3 is 1. The number of amides is 1. The van der Waals surface area contributed by atoms with Crippen molar-refractivity contribution in [1.82, 2.24) is 4.90 Å². The van der Waals surface area contributed by atoms with Gasteiger partial charge in [-0.15, -0.1) is 0 Å². The number of hydrogen-bond acceptors (Lipinski definition) is 3. The third kappa shape index (κ3) is 4.73. The van der Waals surface area contributed by atoms with Gasteiger partial charge in [0.1, 0.15) is 0 Å². The lowest BCUT2D eigenvalue weighted by Gasteiger charge is -2.35. The largest absolute Gasteiger partial charge is 0.453 e. The third-order valence-corrected chi connectivity index (χ3v) is 3.72. The van der Waals surface area contributed by atoms with Crippen LogP contribution in [0, 0.1) is 0 Å². The first-order chi connectivity index (χ1) is 11.8. The average Bonchev–Trinajstić information content (AvgIpc) is 2.61. The summed E-state index contributed by atoms with van der Waals surface area (Å²) in [7, 11) is 1.09. The zero-order chi connectivity index (χ0) is 18.4. The molecule has 0 unspecified atom stereocenters. The molecule has 0 heterocycles. The summed E-state index contributed by atoms with van der Waals surface area (Å²) in [5, 5.41) is 9.92. The Hall–Kier alpha value is -2.54. The summed E-state index contributed by atoms with van der Waals surface area (Å²) in [6.07, 6.45) is -8.61. The van der Waals surface area contributed by atoms with Crippen LogP contribution in [-0.2, 0) is 11.3 Å². The Balaban J connectivity index is 2.47. The maximum Gasteiger partial charge on any atom is 0.416 e. The van der Waals surface area contributed by atoms with Crippen LogP contribution in [0.5, 0.6) is 0 Å². The van der Waals surface area contributed by atoms with Gasteiger partial charge >= 0.3 is 12.3 Å². The van der Waals surface area contributed by atoms with Crippen molar-refractivity contribution < 1.29 is 27.8 Å². The first-order valence-electron chi connectivity index (χ1n) is 7.53. The van der Waals surface area contributed by atoms with E-state index in [4.69, 9.17) is 0 Å². The van der Waals surface area contributed by atoms with Gasteiger partial charge < -0.3 is 9.84 Å². The monoisotopic (exact) mass is 353 g/mol. The number of aliphatic hydroxyl groups excluding tert-OH is 1. The molecule has 0 aliphatic rings. The Bertz CT molecular complexity index is 677. The van der Waals surface area contributed by atoms with Crippen molar-refractivity contribution in [2.75, 3.05) is 7.11 Å². The molecule has 0 aliphatic heterocycles. The number of benzene rings is 2. The van der Waals surface area contributed by atoms with Crippen LogP contribution in [0.4, 0.5) is 18.0 Å². The zero-order valence-electron chi connectivity index (χ0n) is 13.5. The molecule has 0 fully saturated rings. The van der Waals surface area contributed by atoms with E-state index in [9.17, 15) is 23.1 Å². The maximum atomic E-state index is 13.2. The van der Waals surface area contributed by atoms with Crippen LogP contribution in [0.25, 0.3) is 0 Å². The average molecular weight is 353 g/mol. The standard InChI is InChI=1S/C18H18F3NO3/c1-25-17(24)22(12-13-8-4-2-5-9-13)15(16(23)18(19,20)21)14-10-6-3-7-11-14/h2-11,15-16,23H,12H2,1H3/t15-,16+/m0/s1. The number of rotatable bonds is 5. The normalized spacial score (nSPS) is 13.8. The van der Waals surface area contributed by atoms with Crippen molar-refractivity contribution in [2.45, 2.75) is 24.9 Å². The van der Waals surface area contributed by atoms with Crippen molar-refractivity contribution >= 4 is 6.09 Å². The molecule has 2 atom stereocenters. The van der Waals surface area contributed by atoms with Gasteiger partial charge in [-0.1, -0.05) is 60.7 Å². The Labute approximate surface area is 143 Å². The Morgan fingerprint density at radius 1 is 1.08 bits per heavy atom. The van der Waals surface area contributed by atoms with Crippen LogP contribution in [0.15, 0.2) is 60.7 Å². The second-order valence-electron chi connectivity index (χ2n) is 5.43. The van der Waals surface area contributed by atoms with Gasteiger partial charge in [0.25, 0.3) is 0 Å². The minimum absolute atomic E-state index is 0.139. The molecule has 134 valence electrons. The number of nitrogens with zero attached hydrogens (tertiary/aromatic N) is 1. The van der Waals surface area contributed by atoms with Gasteiger partial charge in [-0.3, -0.25) is 4.90 Å². The van der Waals surface area contributed by atoms with Crippen molar-refractivity contribution in [3.8, 4) is 0 Å². The summed E-state index contributed by atoms with van der Waals surface area (Å²) in [5.74, 6) is 0. The number of hydrogen-bond donors (Lipinski definition) is 1. The van der Waals surface area contributed by atoms with E-state index >= 15 is 0 Å². The molecule has 1 amide bonds. The highest BCUT2D eigenvalue weighted by Gasteiger charge is 2.47. The highest BCUT2D eigenvalue weighted by atomic mass is 19.4. The van der Waals surface area contributed by atoms with E-state index in [1.165, 1.54) is 12.1 Å². The smallest absolute Gasteiger partial charge is 0.416 e. The summed E-state index contributed by atoms with van der Waals surface area (Å²) in [4.78, 5) is 13.1. The second kappa shape index (κ2) is 8.02. The summed E-state index contributed by atoms with van der Waals surface area (Å²) in [6, 6.07) is 14.5. The number of halogens is 3. The van der Waals surface area contributed by atoms with E-state index in [1.54, 1.807) is 48.5 Å². The molecular weight excluding hydrogens is 335 g/mol. The molecule has 25 heavy (non-hydrogen) atoms. The summed E-state index contributed by atoms with van der Waals surface area (Å²) < 4.78 is 44.3. The topological polar surface area (TPSA) is 49.8 Å². The van der Waals surface area contributed by atoms with Gasteiger partial charge in [0.05, 0.1) is 13.2 Å². The lowest BCUT2D eigenvalue weighted by molar-refractivity contribution is -0.221. The minimum Gasteiger partial charge on any atom is -0.453 e. The third-order valence-electron chi connectivity index (χ3n) is 3.72. The lowest BCUT2D eigenvalue weighted by atomic mass is 9.98. The molecule has 0 saturated heterocycles. The molecule has 0 aliphatic carbocycles. The molecule has 0 bridgehead atoms. The molecule has 0 aromatic heterocycles. The van der Waals surface area contributed by atoms with Crippen LogP contribution in [-0.4, -0.2) is 35.5 Å². The van der Waals surface area contributed by atoms with Gasteiger partial charge in [-0.2, -0.15) is 13.2 Å². The minimum atomic E-state index is -4.90. The molecule has 4 nitrogen and oxygen atoms in total. The molecule has 1 N–H and O–H groups in total. The number of alkyl halides is 3. The number of carbonyl (C=O) groups is 1. The van der Waals surface area contributed by atoms with Crippen molar-refractivity contribution in [3.05, 3.63) is 71.8 Å². The van der Waals surface area contributed by atoms with Crippen LogP contribution in [0.3, 0.4) is 0 Å². The Morgan fingerprint density at radius 2 is 1.60 bits per heavy atom. The number of aliphatic hydroxyl groups is 1. The predicted molar refractivity (Wildman–Crippen MR) is 85.6 cm³/mol. The van der Waals surface area contributed by atoms with Crippen molar-refractivity contribution in [3.63, 3.8) is 0 Å². The summed E-state index contributed by atoms with van der Waals surface area (Å²) in [6.45, 7) is -0.139. The molecule has 2 aromatic carbocycles. The first kappa shape index (κ1) is 18.8.